The molecule has 4 heterocycles. The van der Waals surface area contributed by atoms with Gasteiger partial charge in [-0.2, -0.15) is 5.10 Å². The van der Waals surface area contributed by atoms with E-state index in [4.69, 9.17) is 0 Å². The number of piperidine rings is 1. The fourth-order valence-corrected chi connectivity index (χ4v) is 5.05. The Labute approximate surface area is 179 Å². The SMILES string of the molecule is CC(C)(C)C1CC(N2CCN(c3cnc4c(Br)cnn4c3)CC2)CCN1C(=O)O. The Balaban J connectivity index is 1.40. The predicted octanol–water partition coefficient (Wildman–Crippen LogP) is 3.17. The summed E-state index contributed by atoms with van der Waals surface area (Å²) in [6.07, 6.45) is 6.74. The van der Waals surface area contributed by atoms with E-state index in [-0.39, 0.29) is 11.5 Å². The van der Waals surface area contributed by atoms with Gasteiger partial charge in [0.15, 0.2) is 5.65 Å². The Kier molecular flexibility index (Phi) is 5.46. The topological polar surface area (TPSA) is 77.2 Å². The number of hydrogen-bond donors (Lipinski definition) is 1. The average Bonchev–Trinajstić information content (AvgIpc) is 3.07. The Morgan fingerprint density at radius 2 is 1.90 bits per heavy atom. The van der Waals surface area contributed by atoms with Crippen LogP contribution in [-0.2, 0) is 0 Å². The summed E-state index contributed by atoms with van der Waals surface area (Å²) < 4.78 is 2.71. The Hall–Kier alpha value is -1.87. The van der Waals surface area contributed by atoms with Crippen LogP contribution in [-0.4, -0.2) is 80.4 Å². The highest BCUT2D eigenvalue weighted by Gasteiger charge is 2.40. The molecule has 158 valence electrons. The number of amides is 1. The van der Waals surface area contributed by atoms with Crippen LogP contribution in [0.25, 0.3) is 5.65 Å². The molecule has 2 aliphatic heterocycles. The van der Waals surface area contributed by atoms with Crippen LogP contribution >= 0.6 is 15.9 Å². The molecule has 1 N–H and O–H groups in total. The first-order valence-corrected chi connectivity index (χ1v) is 11.0. The van der Waals surface area contributed by atoms with Gasteiger partial charge in [-0.3, -0.25) is 4.90 Å². The van der Waals surface area contributed by atoms with Crippen LogP contribution in [0.2, 0.25) is 0 Å². The van der Waals surface area contributed by atoms with E-state index in [1.165, 1.54) is 0 Å². The van der Waals surface area contributed by atoms with E-state index in [0.717, 1.165) is 54.8 Å². The lowest BCUT2D eigenvalue weighted by Crippen LogP contribution is -2.58. The molecule has 2 unspecified atom stereocenters. The number of aromatic nitrogens is 3. The van der Waals surface area contributed by atoms with Crippen molar-refractivity contribution in [2.24, 2.45) is 5.41 Å². The summed E-state index contributed by atoms with van der Waals surface area (Å²) in [7, 11) is 0. The van der Waals surface area contributed by atoms with Crippen molar-refractivity contribution in [3.05, 3.63) is 23.1 Å². The number of halogens is 1. The van der Waals surface area contributed by atoms with Gasteiger partial charge < -0.3 is 14.9 Å². The van der Waals surface area contributed by atoms with Crippen LogP contribution in [0.15, 0.2) is 23.1 Å². The summed E-state index contributed by atoms with van der Waals surface area (Å²) >= 11 is 3.46. The second-order valence-corrected chi connectivity index (χ2v) is 9.99. The lowest BCUT2D eigenvalue weighted by molar-refractivity contribution is 0.0184. The second-order valence-electron chi connectivity index (χ2n) is 9.13. The van der Waals surface area contributed by atoms with Crippen molar-refractivity contribution in [1.29, 1.82) is 0 Å². The number of anilines is 1. The van der Waals surface area contributed by atoms with Crippen molar-refractivity contribution in [2.75, 3.05) is 37.6 Å². The largest absolute Gasteiger partial charge is 0.465 e. The minimum absolute atomic E-state index is 0.0571. The van der Waals surface area contributed by atoms with Crippen LogP contribution in [0.3, 0.4) is 0 Å². The van der Waals surface area contributed by atoms with E-state index in [1.54, 1.807) is 15.6 Å². The minimum atomic E-state index is -0.790. The van der Waals surface area contributed by atoms with Crippen LogP contribution in [0.1, 0.15) is 33.6 Å². The van der Waals surface area contributed by atoms with Crippen LogP contribution in [0.5, 0.6) is 0 Å². The number of rotatable bonds is 2. The monoisotopic (exact) mass is 464 g/mol. The predicted molar refractivity (Wildman–Crippen MR) is 115 cm³/mol. The summed E-state index contributed by atoms with van der Waals surface area (Å²) in [6, 6.07) is 0.501. The summed E-state index contributed by atoms with van der Waals surface area (Å²) in [5.41, 5.74) is 1.85. The molecule has 0 aliphatic carbocycles. The molecule has 0 radical (unpaired) electrons. The zero-order valence-electron chi connectivity index (χ0n) is 17.3. The summed E-state index contributed by atoms with van der Waals surface area (Å²) in [5.74, 6) is 0. The Morgan fingerprint density at radius 3 is 2.55 bits per heavy atom. The number of likely N-dealkylation sites (tertiary alicyclic amines) is 1. The van der Waals surface area contributed by atoms with Gasteiger partial charge >= 0.3 is 6.09 Å². The maximum atomic E-state index is 11.7. The highest BCUT2D eigenvalue weighted by molar-refractivity contribution is 9.10. The molecule has 2 atom stereocenters. The second kappa shape index (κ2) is 7.75. The maximum absolute atomic E-state index is 11.7. The Morgan fingerprint density at radius 1 is 1.17 bits per heavy atom. The first-order chi connectivity index (χ1) is 13.7. The van der Waals surface area contributed by atoms with E-state index in [2.05, 4.69) is 56.6 Å². The number of hydrogen-bond acceptors (Lipinski definition) is 5. The molecule has 0 saturated carbocycles. The molecule has 2 aliphatic rings. The van der Waals surface area contributed by atoms with Crippen LogP contribution < -0.4 is 4.90 Å². The number of fused-ring (bicyclic) bond motifs is 1. The molecule has 29 heavy (non-hydrogen) atoms. The lowest BCUT2D eigenvalue weighted by Gasteiger charge is -2.49. The maximum Gasteiger partial charge on any atom is 0.407 e. The third-order valence-electron chi connectivity index (χ3n) is 6.32. The third kappa shape index (κ3) is 4.07. The molecule has 0 aromatic carbocycles. The van der Waals surface area contributed by atoms with Gasteiger partial charge in [-0.1, -0.05) is 20.8 Å². The zero-order valence-corrected chi connectivity index (χ0v) is 18.8. The normalized spacial score (nSPS) is 24.3. The highest BCUT2D eigenvalue weighted by Crippen LogP contribution is 2.34. The molecule has 9 heteroatoms. The van der Waals surface area contributed by atoms with Crippen molar-refractivity contribution in [3.63, 3.8) is 0 Å². The quantitative estimate of drug-likeness (QED) is 0.735. The first-order valence-electron chi connectivity index (χ1n) is 10.2. The average molecular weight is 465 g/mol. The molecule has 1 amide bonds. The van der Waals surface area contributed by atoms with Gasteiger partial charge in [0.25, 0.3) is 0 Å². The van der Waals surface area contributed by atoms with Crippen LogP contribution in [0, 0.1) is 5.41 Å². The molecule has 0 bridgehead atoms. The molecule has 2 aromatic rings. The molecular weight excluding hydrogens is 436 g/mol. The van der Waals surface area contributed by atoms with Crippen molar-refractivity contribution in [2.45, 2.75) is 45.7 Å². The molecule has 2 aromatic heterocycles. The van der Waals surface area contributed by atoms with Gasteiger partial charge in [0.1, 0.15) is 0 Å². The highest BCUT2D eigenvalue weighted by atomic mass is 79.9. The van der Waals surface area contributed by atoms with Gasteiger partial charge in [0.05, 0.1) is 28.8 Å². The van der Waals surface area contributed by atoms with Gasteiger partial charge in [0, 0.05) is 44.8 Å². The van der Waals surface area contributed by atoms with Crippen molar-refractivity contribution in [1.82, 2.24) is 24.4 Å². The third-order valence-corrected chi connectivity index (χ3v) is 6.88. The van der Waals surface area contributed by atoms with Gasteiger partial charge in [-0.05, 0) is 34.2 Å². The molecular formula is C20H29BrN6O2. The molecule has 2 saturated heterocycles. The number of piperazine rings is 1. The van der Waals surface area contributed by atoms with Gasteiger partial charge in [-0.25, -0.2) is 14.3 Å². The van der Waals surface area contributed by atoms with Gasteiger partial charge in [0.2, 0.25) is 0 Å². The van der Waals surface area contributed by atoms with E-state index in [1.807, 2.05) is 12.4 Å². The number of nitrogens with zero attached hydrogens (tertiary/aromatic N) is 6. The molecule has 4 rings (SSSR count). The van der Waals surface area contributed by atoms with E-state index >= 15 is 0 Å². The lowest BCUT2D eigenvalue weighted by atomic mass is 9.79. The van der Waals surface area contributed by atoms with Crippen molar-refractivity contribution in [3.8, 4) is 0 Å². The number of carboxylic acid groups (broad SMARTS) is 1. The van der Waals surface area contributed by atoms with E-state index < -0.39 is 6.09 Å². The first kappa shape index (κ1) is 20.4. The zero-order chi connectivity index (χ0) is 20.8. The summed E-state index contributed by atoms with van der Waals surface area (Å²) in [6.45, 7) is 10.9. The van der Waals surface area contributed by atoms with E-state index in [9.17, 15) is 9.90 Å². The van der Waals surface area contributed by atoms with Gasteiger partial charge in [-0.15, -0.1) is 0 Å². The van der Waals surface area contributed by atoms with Crippen LogP contribution in [0.4, 0.5) is 10.5 Å². The summed E-state index contributed by atoms with van der Waals surface area (Å²) in [4.78, 5) is 22.8. The molecule has 8 nitrogen and oxygen atoms in total. The standard InChI is InChI=1S/C20H29BrN6O2/c1-20(2,3)17-10-14(4-5-26(17)19(28)29)24-6-8-25(9-7-24)15-11-22-18-16(21)12-23-27(18)13-15/h11-14,17H,4-10H2,1-3H3,(H,28,29). The molecule has 0 spiro atoms. The minimum Gasteiger partial charge on any atom is -0.465 e. The van der Waals surface area contributed by atoms with Crippen molar-refractivity contribution >= 4 is 33.4 Å². The fraction of sp³-hybridized carbons (Fsp3) is 0.650. The van der Waals surface area contributed by atoms with E-state index in [0.29, 0.717) is 12.6 Å². The number of carbonyl (C=O) groups is 1. The Bertz CT molecular complexity index is 887. The summed E-state index contributed by atoms with van der Waals surface area (Å²) in [5, 5.41) is 13.9. The van der Waals surface area contributed by atoms with Crippen molar-refractivity contribution < 1.29 is 9.90 Å². The molecule has 2 fully saturated rings. The smallest absolute Gasteiger partial charge is 0.407 e. The fourth-order valence-electron chi connectivity index (χ4n) is 4.67.